The Balaban J connectivity index is 1.14. The first kappa shape index (κ1) is 31.5. The Morgan fingerprint density at radius 1 is 0.316 bits per heavy atom. The minimum atomic E-state index is 0.558. The molecule has 0 radical (unpaired) electrons. The number of hydrogen-bond acceptors (Lipinski definition) is 5. The molecule has 0 fully saturated rings. The van der Waals surface area contributed by atoms with Gasteiger partial charge in [-0.3, -0.25) is 0 Å². The molecule has 4 aromatic heterocycles. The highest BCUT2D eigenvalue weighted by molar-refractivity contribution is 6.19. The van der Waals surface area contributed by atoms with E-state index in [2.05, 4.69) is 108 Å². The van der Waals surface area contributed by atoms with Gasteiger partial charge in [-0.25, -0.2) is 15.0 Å². The van der Waals surface area contributed by atoms with Crippen LogP contribution in [0.4, 0.5) is 0 Å². The van der Waals surface area contributed by atoms with Gasteiger partial charge in [0.05, 0.1) is 16.7 Å². The molecule has 57 heavy (non-hydrogen) atoms. The van der Waals surface area contributed by atoms with E-state index in [1.165, 1.54) is 10.8 Å². The fourth-order valence-electron chi connectivity index (χ4n) is 8.65. The van der Waals surface area contributed by atoms with Gasteiger partial charge in [-0.05, 0) is 48.0 Å². The van der Waals surface area contributed by atoms with Crippen LogP contribution >= 0.6 is 0 Å². The van der Waals surface area contributed by atoms with Crippen LogP contribution in [0.5, 0.6) is 0 Å². The van der Waals surface area contributed by atoms with Crippen LogP contribution in [0.25, 0.3) is 117 Å². The topological polar surface area (TPSA) is 69.9 Å². The molecular weight excluding hydrogens is 701 g/mol. The molecule has 0 spiro atoms. The second-order valence-electron chi connectivity index (χ2n) is 14.3. The van der Waals surface area contributed by atoms with Crippen LogP contribution in [-0.4, -0.2) is 19.5 Å². The summed E-state index contributed by atoms with van der Waals surface area (Å²) in [6, 6.07) is 62.6. The lowest BCUT2D eigenvalue weighted by Crippen LogP contribution is -2.01. The SMILES string of the molecule is c1ccc(-c2nc(-c3cccc4oc5ccccc5c34)nc(-c3cccc4oc5cccc(-c6ccccc6-n6c7ccccc7c7ccccc76)c5c34)n2)cc1. The van der Waals surface area contributed by atoms with E-state index in [1.54, 1.807) is 0 Å². The molecule has 0 atom stereocenters. The normalized spacial score (nSPS) is 11.9. The molecule has 6 heteroatoms. The molecule has 6 nitrogen and oxygen atoms in total. The molecule has 0 bridgehead atoms. The second kappa shape index (κ2) is 12.3. The van der Waals surface area contributed by atoms with Crippen LogP contribution in [0.2, 0.25) is 0 Å². The van der Waals surface area contributed by atoms with Gasteiger partial charge in [0.2, 0.25) is 0 Å². The van der Waals surface area contributed by atoms with Gasteiger partial charge in [0.25, 0.3) is 0 Å². The van der Waals surface area contributed by atoms with E-state index < -0.39 is 0 Å². The van der Waals surface area contributed by atoms with Gasteiger partial charge in [0.1, 0.15) is 22.3 Å². The molecule has 0 aliphatic rings. The highest BCUT2D eigenvalue weighted by atomic mass is 16.3. The van der Waals surface area contributed by atoms with Crippen molar-refractivity contribution in [3.63, 3.8) is 0 Å². The highest BCUT2D eigenvalue weighted by Crippen LogP contribution is 2.44. The van der Waals surface area contributed by atoms with E-state index in [-0.39, 0.29) is 0 Å². The first-order chi connectivity index (χ1) is 28.3. The predicted octanol–water partition coefficient (Wildman–Crippen LogP) is 13.4. The molecule has 0 aliphatic heterocycles. The van der Waals surface area contributed by atoms with E-state index in [1.807, 2.05) is 78.9 Å². The summed E-state index contributed by atoms with van der Waals surface area (Å²) in [5.74, 6) is 1.71. The molecule has 12 rings (SSSR count). The zero-order valence-corrected chi connectivity index (χ0v) is 30.4. The van der Waals surface area contributed by atoms with Gasteiger partial charge in [0, 0.05) is 54.6 Å². The highest BCUT2D eigenvalue weighted by Gasteiger charge is 2.23. The summed E-state index contributed by atoms with van der Waals surface area (Å²) in [7, 11) is 0. The Labute approximate surface area is 325 Å². The third-order valence-electron chi connectivity index (χ3n) is 11.1. The van der Waals surface area contributed by atoms with Gasteiger partial charge in [-0.15, -0.1) is 0 Å². The van der Waals surface area contributed by atoms with Crippen molar-refractivity contribution in [3.8, 4) is 51.0 Å². The number of aromatic nitrogens is 4. The van der Waals surface area contributed by atoms with Gasteiger partial charge >= 0.3 is 0 Å². The summed E-state index contributed by atoms with van der Waals surface area (Å²) in [6.07, 6.45) is 0. The van der Waals surface area contributed by atoms with Crippen molar-refractivity contribution in [2.24, 2.45) is 0 Å². The smallest absolute Gasteiger partial charge is 0.164 e. The van der Waals surface area contributed by atoms with Crippen molar-refractivity contribution in [2.75, 3.05) is 0 Å². The predicted molar refractivity (Wildman–Crippen MR) is 230 cm³/mol. The summed E-state index contributed by atoms with van der Waals surface area (Å²) in [4.78, 5) is 15.6. The Hall–Kier alpha value is -7.83. The Morgan fingerprint density at radius 2 is 0.772 bits per heavy atom. The summed E-state index contributed by atoms with van der Waals surface area (Å²) < 4.78 is 15.4. The molecule has 0 amide bonds. The number of rotatable bonds is 5. The Bertz CT molecular complexity index is 3490. The van der Waals surface area contributed by atoms with Crippen LogP contribution in [0, 0.1) is 0 Å². The van der Waals surface area contributed by atoms with Crippen LogP contribution in [-0.2, 0) is 0 Å². The van der Waals surface area contributed by atoms with E-state index in [0.717, 1.165) is 88.4 Å². The molecule has 266 valence electrons. The average Bonchev–Trinajstić information content (AvgIpc) is 3.96. The summed E-state index contributed by atoms with van der Waals surface area (Å²) in [5, 5.41) is 6.37. The van der Waals surface area contributed by atoms with Gasteiger partial charge < -0.3 is 13.4 Å². The lowest BCUT2D eigenvalue weighted by Gasteiger charge is -2.15. The molecule has 0 unspecified atom stereocenters. The maximum Gasteiger partial charge on any atom is 0.164 e. The molecule has 0 N–H and O–H groups in total. The van der Waals surface area contributed by atoms with Crippen molar-refractivity contribution in [3.05, 3.63) is 182 Å². The summed E-state index contributed by atoms with van der Waals surface area (Å²) >= 11 is 0. The average molecular weight is 731 g/mol. The number of fused-ring (bicyclic) bond motifs is 9. The lowest BCUT2D eigenvalue weighted by atomic mass is 9.95. The van der Waals surface area contributed by atoms with Gasteiger partial charge in [-0.2, -0.15) is 0 Å². The molecule has 8 aromatic carbocycles. The van der Waals surface area contributed by atoms with E-state index >= 15 is 0 Å². The molecule has 0 aliphatic carbocycles. The lowest BCUT2D eigenvalue weighted by molar-refractivity contribution is 0.668. The maximum atomic E-state index is 6.68. The second-order valence-corrected chi connectivity index (χ2v) is 14.3. The van der Waals surface area contributed by atoms with Crippen molar-refractivity contribution >= 4 is 65.7 Å². The van der Waals surface area contributed by atoms with Crippen molar-refractivity contribution in [1.82, 2.24) is 19.5 Å². The molecule has 4 heterocycles. The number of para-hydroxylation sites is 4. The largest absolute Gasteiger partial charge is 0.456 e. The zero-order valence-electron chi connectivity index (χ0n) is 30.4. The number of furan rings is 2. The first-order valence-corrected chi connectivity index (χ1v) is 19.0. The number of nitrogens with zero attached hydrogens (tertiary/aromatic N) is 4. The van der Waals surface area contributed by atoms with E-state index in [0.29, 0.717) is 17.5 Å². The van der Waals surface area contributed by atoms with Crippen LogP contribution < -0.4 is 0 Å². The number of benzene rings is 8. The van der Waals surface area contributed by atoms with Crippen molar-refractivity contribution in [1.29, 1.82) is 0 Å². The maximum absolute atomic E-state index is 6.68. The molecule has 0 saturated carbocycles. The van der Waals surface area contributed by atoms with Crippen molar-refractivity contribution in [2.45, 2.75) is 0 Å². The minimum Gasteiger partial charge on any atom is -0.456 e. The fourth-order valence-corrected chi connectivity index (χ4v) is 8.65. The van der Waals surface area contributed by atoms with Crippen molar-refractivity contribution < 1.29 is 8.83 Å². The summed E-state index contributed by atoms with van der Waals surface area (Å²) in [6.45, 7) is 0. The molecule has 12 aromatic rings. The van der Waals surface area contributed by atoms with E-state index in [4.69, 9.17) is 23.8 Å². The third-order valence-corrected chi connectivity index (χ3v) is 11.1. The Kier molecular flexibility index (Phi) is 6.83. The third kappa shape index (κ3) is 4.81. The quantitative estimate of drug-likeness (QED) is 0.176. The fraction of sp³-hybridized carbons (Fsp3) is 0. The van der Waals surface area contributed by atoms with Crippen LogP contribution in [0.15, 0.2) is 191 Å². The van der Waals surface area contributed by atoms with Crippen LogP contribution in [0.1, 0.15) is 0 Å². The standard InChI is InChI=1S/C51H30N4O2/c1-2-15-31(16-3-1)49-52-50(37-22-13-28-43-46(37)36-20-7-11-27-42(36)56-43)54-51(53-49)38-23-14-30-45-48(38)47-35(21-12-29-44(47)57-45)34-19-6-10-26-41(34)55-39-24-8-4-17-32(39)33-18-5-9-25-40(33)55/h1-30H. The minimum absolute atomic E-state index is 0.558. The molecule has 0 saturated heterocycles. The Morgan fingerprint density at radius 3 is 1.47 bits per heavy atom. The molecular formula is C51H30N4O2. The number of hydrogen-bond donors (Lipinski definition) is 0. The monoisotopic (exact) mass is 730 g/mol. The van der Waals surface area contributed by atoms with Gasteiger partial charge in [0.15, 0.2) is 17.5 Å². The van der Waals surface area contributed by atoms with E-state index in [9.17, 15) is 0 Å². The van der Waals surface area contributed by atoms with Gasteiger partial charge in [-0.1, -0.05) is 140 Å². The van der Waals surface area contributed by atoms with Crippen LogP contribution in [0.3, 0.4) is 0 Å². The summed E-state index contributed by atoms with van der Waals surface area (Å²) in [5.41, 5.74) is 11.3. The zero-order chi connectivity index (χ0) is 37.5. The first-order valence-electron chi connectivity index (χ1n) is 19.0.